The second kappa shape index (κ2) is 6.20. The Kier molecular flexibility index (Phi) is 4.23. The van der Waals surface area contributed by atoms with Crippen LogP contribution in [0.3, 0.4) is 0 Å². The van der Waals surface area contributed by atoms with E-state index in [4.69, 9.17) is 0 Å². The van der Waals surface area contributed by atoms with Crippen molar-refractivity contribution in [3.05, 3.63) is 58.5 Å². The molecule has 0 N–H and O–H groups in total. The van der Waals surface area contributed by atoms with E-state index in [-0.39, 0.29) is 28.8 Å². The topological polar surface area (TPSA) is 89.3 Å². The number of carbonyl (C=O) groups excluding carboxylic acids is 1. The van der Waals surface area contributed by atoms with Gasteiger partial charge in [-0.05, 0) is 24.6 Å². The van der Waals surface area contributed by atoms with Crippen molar-refractivity contribution in [3.63, 3.8) is 0 Å². The third kappa shape index (κ3) is 3.23. The minimum absolute atomic E-state index is 0.0342. The molecule has 1 aliphatic heterocycles. The highest BCUT2D eigenvalue weighted by atomic mass is 32.2. The summed E-state index contributed by atoms with van der Waals surface area (Å²) in [7, 11) is -1.52. The van der Waals surface area contributed by atoms with Crippen LogP contribution in [0.2, 0.25) is 0 Å². The molecule has 1 aromatic carbocycles. The third-order valence-electron chi connectivity index (χ3n) is 4.10. The van der Waals surface area contributed by atoms with Crippen molar-refractivity contribution in [1.82, 2.24) is 14.7 Å². The van der Waals surface area contributed by atoms with Crippen molar-refractivity contribution >= 4 is 15.7 Å². The molecule has 24 heavy (non-hydrogen) atoms. The standard InChI is InChI=1S/C16H17N3O4S/c1-18(13-9-10-24(22,23)11-13)16(21)14-7-8-15(20)19(17-14)12-5-3-2-4-6-12/h2-8,13H,9-11H2,1H3. The lowest BCUT2D eigenvalue weighted by Crippen LogP contribution is -2.39. The highest BCUT2D eigenvalue weighted by Crippen LogP contribution is 2.18. The molecule has 2 heterocycles. The Balaban J connectivity index is 1.90. The molecule has 0 aliphatic carbocycles. The summed E-state index contributed by atoms with van der Waals surface area (Å²) in [5.74, 6) is -0.346. The van der Waals surface area contributed by atoms with Crippen LogP contribution in [0.15, 0.2) is 47.3 Å². The van der Waals surface area contributed by atoms with Gasteiger partial charge in [-0.1, -0.05) is 18.2 Å². The Morgan fingerprint density at radius 2 is 1.92 bits per heavy atom. The fourth-order valence-corrected chi connectivity index (χ4v) is 4.48. The van der Waals surface area contributed by atoms with Crippen LogP contribution in [0.5, 0.6) is 0 Å². The zero-order valence-electron chi connectivity index (χ0n) is 13.1. The van der Waals surface area contributed by atoms with Gasteiger partial charge in [0.15, 0.2) is 9.84 Å². The van der Waals surface area contributed by atoms with Gasteiger partial charge in [0.25, 0.3) is 11.5 Å². The lowest BCUT2D eigenvalue weighted by atomic mass is 10.2. The SMILES string of the molecule is CN(C(=O)c1ccc(=O)n(-c2ccccc2)n1)C1CCS(=O)(=O)C1. The van der Waals surface area contributed by atoms with Crippen LogP contribution in [0.4, 0.5) is 0 Å². The first-order valence-electron chi connectivity index (χ1n) is 7.51. The molecule has 1 aromatic heterocycles. The Morgan fingerprint density at radius 3 is 2.54 bits per heavy atom. The van der Waals surface area contributed by atoms with Gasteiger partial charge < -0.3 is 4.90 Å². The van der Waals surface area contributed by atoms with Crippen LogP contribution in [0, 0.1) is 0 Å². The zero-order valence-corrected chi connectivity index (χ0v) is 13.9. The summed E-state index contributed by atoms with van der Waals surface area (Å²) in [4.78, 5) is 26.0. The smallest absolute Gasteiger partial charge is 0.274 e. The van der Waals surface area contributed by atoms with Crippen molar-refractivity contribution in [2.45, 2.75) is 12.5 Å². The van der Waals surface area contributed by atoms with Crippen molar-refractivity contribution in [2.75, 3.05) is 18.6 Å². The van der Waals surface area contributed by atoms with Gasteiger partial charge in [0.05, 0.1) is 17.2 Å². The van der Waals surface area contributed by atoms with Crippen LogP contribution in [0.1, 0.15) is 16.9 Å². The molecule has 0 spiro atoms. The monoisotopic (exact) mass is 347 g/mol. The highest BCUT2D eigenvalue weighted by Gasteiger charge is 2.33. The molecule has 0 saturated carbocycles. The Bertz CT molecular complexity index is 922. The van der Waals surface area contributed by atoms with Gasteiger partial charge in [-0.3, -0.25) is 9.59 Å². The molecule has 0 bridgehead atoms. The second-order valence-corrected chi connectivity index (χ2v) is 8.01. The van der Waals surface area contributed by atoms with Gasteiger partial charge >= 0.3 is 0 Å². The number of carbonyl (C=O) groups is 1. The first-order valence-corrected chi connectivity index (χ1v) is 9.33. The van der Waals surface area contributed by atoms with Crippen molar-refractivity contribution in [3.8, 4) is 5.69 Å². The van der Waals surface area contributed by atoms with E-state index in [1.54, 1.807) is 31.3 Å². The maximum atomic E-state index is 12.6. The first-order chi connectivity index (χ1) is 11.4. The minimum Gasteiger partial charge on any atom is -0.336 e. The Hall–Kier alpha value is -2.48. The molecule has 2 aromatic rings. The molecule has 3 rings (SSSR count). The molecule has 0 radical (unpaired) electrons. The molecule has 1 saturated heterocycles. The molecular formula is C16H17N3O4S. The number of benzene rings is 1. The van der Waals surface area contributed by atoms with Gasteiger partial charge in [-0.2, -0.15) is 9.78 Å². The molecule has 126 valence electrons. The third-order valence-corrected chi connectivity index (χ3v) is 5.85. The zero-order chi connectivity index (χ0) is 17.3. The maximum absolute atomic E-state index is 12.6. The average molecular weight is 347 g/mol. The molecule has 8 heteroatoms. The van der Waals surface area contributed by atoms with Crippen LogP contribution >= 0.6 is 0 Å². The van der Waals surface area contributed by atoms with Gasteiger partial charge in [0, 0.05) is 19.2 Å². The summed E-state index contributed by atoms with van der Waals surface area (Å²) in [6.45, 7) is 0. The first kappa shape index (κ1) is 16.4. The lowest BCUT2D eigenvalue weighted by molar-refractivity contribution is 0.0739. The van der Waals surface area contributed by atoms with Crippen LogP contribution in [-0.2, 0) is 9.84 Å². The minimum atomic E-state index is -3.08. The Labute approximate surface area is 139 Å². The van der Waals surface area contributed by atoms with Gasteiger partial charge in [-0.15, -0.1) is 0 Å². The predicted molar refractivity (Wildman–Crippen MR) is 89.0 cm³/mol. The van der Waals surface area contributed by atoms with Crippen molar-refractivity contribution < 1.29 is 13.2 Å². The van der Waals surface area contributed by atoms with Gasteiger partial charge in [-0.25, -0.2) is 8.42 Å². The number of rotatable bonds is 3. The van der Waals surface area contributed by atoms with Crippen molar-refractivity contribution in [1.29, 1.82) is 0 Å². The fraction of sp³-hybridized carbons (Fsp3) is 0.312. The average Bonchev–Trinajstić information content (AvgIpc) is 2.95. The van der Waals surface area contributed by atoms with E-state index in [0.29, 0.717) is 12.1 Å². The largest absolute Gasteiger partial charge is 0.336 e. The summed E-state index contributed by atoms with van der Waals surface area (Å²) in [6, 6.07) is 11.1. The van der Waals surface area contributed by atoms with Crippen LogP contribution in [-0.4, -0.2) is 53.6 Å². The highest BCUT2D eigenvalue weighted by molar-refractivity contribution is 7.91. The normalized spacial score (nSPS) is 19.1. The second-order valence-electron chi connectivity index (χ2n) is 5.78. The lowest BCUT2D eigenvalue weighted by Gasteiger charge is -2.23. The van der Waals surface area contributed by atoms with E-state index in [0.717, 1.165) is 4.68 Å². The summed E-state index contributed by atoms with van der Waals surface area (Å²) in [6.07, 6.45) is 0.420. The van der Waals surface area contributed by atoms with E-state index in [2.05, 4.69) is 5.10 Å². The van der Waals surface area contributed by atoms with Crippen LogP contribution < -0.4 is 5.56 Å². The van der Waals surface area contributed by atoms with E-state index in [1.807, 2.05) is 6.07 Å². The number of para-hydroxylation sites is 1. The number of amides is 1. The summed E-state index contributed by atoms with van der Waals surface area (Å²) < 4.78 is 24.3. The molecule has 7 nitrogen and oxygen atoms in total. The summed E-state index contributed by atoms with van der Waals surface area (Å²) >= 11 is 0. The molecule has 1 aliphatic rings. The van der Waals surface area contributed by atoms with E-state index < -0.39 is 15.7 Å². The number of hydrogen-bond donors (Lipinski definition) is 0. The number of aromatic nitrogens is 2. The van der Waals surface area contributed by atoms with Crippen molar-refractivity contribution in [2.24, 2.45) is 0 Å². The van der Waals surface area contributed by atoms with E-state index in [1.165, 1.54) is 17.0 Å². The van der Waals surface area contributed by atoms with Gasteiger partial charge in [0.1, 0.15) is 5.69 Å². The fourth-order valence-electron chi connectivity index (χ4n) is 2.71. The number of hydrogen-bond acceptors (Lipinski definition) is 5. The van der Waals surface area contributed by atoms with E-state index in [9.17, 15) is 18.0 Å². The van der Waals surface area contributed by atoms with Crippen LogP contribution in [0.25, 0.3) is 5.69 Å². The molecule has 1 unspecified atom stereocenters. The molecule has 1 atom stereocenters. The van der Waals surface area contributed by atoms with Gasteiger partial charge in [0.2, 0.25) is 0 Å². The number of nitrogens with zero attached hydrogens (tertiary/aromatic N) is 3. The Morgan fingerprint density at radius 1 is 1.21 bits per heavy atom. The summed E-state index contributed by atoms with van der Waals surface area (Å²) in [5.41, 5.74) is 0.317. The summed E-state index contributed by atoms with van der Waals surface area (Å²) in [5, 5.41) is 4.13. The maximum Gasteiger partial charge on any atom is 0.274 e. The van der Waals surface area contributed by atoms with E-state index >= 15 is 0 Å². The molecule has 1 amide bonds. The molecule has 1 fully saturated rings. The predicted octanol–water partition coefficient (Wildman–Crippen LogP) is 0.492. The quantitative estimate of drug-likeness (QED) is 0.806. The molecular weight excluding hydrogens is 330 g/mol. The number of sulfone groups is 1.